The van der Waals surface area contributed by atoms with Crippen LogP contribution in [0.4, 0.5) is 0 Å². The van der Waals surface area contributed by atoms with Crippen LogP contribution >= 0.6 is 34.5 Å². The maximum Gasteiger partial charge on any atom is 0.0595 e. The Morgan fingerprint density at radius 2 is 2.06 bits per heavy atom. The Balaban J connectivity index is 2.05. The topological polar surface area (TPSA) is 12.0 Å². The number of rotatable bonds is 5. The van der Waals surface area contributed by atoms with Crippen LogP contribution in [0.5, 0.6) is 0 Å². The lowest BCUT2D eigenvalue weighted by molar-refractivity contribution is 0.522. The molecule has 1 aromatic heterocycles. The van der Waals surface area contributed by atoms with Crippen LogP contribution in [-0.4, -0.2) is 0 Å². The van der Waals surface area contributed by atoms with E-state index in [0.717, 1.165) is 13.0 Å². The predicted molar refractivity (Wildman–Crippen MR) is 80.7 cm³/mol. The summed E-state index contributed by atoms with van der Waals surface area (Å²) in [5, 5.41) is 6.86. The molecule has 1 atom stereocenters. The molecule has 4 heteroatoms. The predicted octanol–water partition coefficient (Wildman–Crippen LogP) is 5.30. The van der Waals surface area contributed by atoms with E-state index in [2.05, 4.69) is 29.8 Å². The molecule has 0 aliphatic rings. The van der Waals surface area contributed by atoms with E-state index < -0.39 is 0 Å². The Labute approximate surface area is 122 Å². The normalized spacial score (nSPS) is 12.6. The van der Waals surface area contributed by atoms with Crippen LogP contribution < -0.4 is 5.32 Å². The van der Waals surface area contributed by atoms with Crippen molar-refractivity contribution in [3.63, 3.8) is 0 Å². The zero-order valence-electron chi connectivity index (χ0n) is 10.1. The monoisotopic (exact) mass is 299 g/mol. The Kier molecular flexibility index (Phi) is 5.07. The Morgan fingerprint density at radius 1 is 1.22 bits per heavy atom. The summed E-state index contributed by atoms with van der Waals surface area (Å²) >= 11 is 13.8. The number of benzene rings is 1. The highest BCUT2D eigenvalue weighted by molar-refractivity contribution is 7.09. The van der Waals surface area contributed by atoms with Crippen LogP contribution in [0.25, 0.3) is 0 Å². The summed E-state index contributed by atoms with van der Waals surface area (Å²) in [6.45, 7) is 3.05. The van der Waals surface area contributed by atoms with Crippen molar-refractivity contribution in [1.29, 1.82) is 0 Å². The second-order valence-corrected chi connectivity index (χ2v) is 5.94. The van der Waals surface area contributed by atoms with Gasteiger partial charge < -0.3 is 5.32 Å². The van der Waals surface area contributed by atoms with Gasteiger partial charge in [-0.1, -0.05) is 42.3 Å². The maximum atomic E-state index is 6.06. The maximum absolute atomic E-state index is 6.06. The highest BCUT2D eigenvalue weighted by Gasteiger charge is 2.10. The molecule has 0 saturated heterocycles. The molecule has 1 heterocycles. The van der Waals surface area contributed by atoms with E-state index in [-0.39, 0.29) is 0 Å². The van der Waals surface area contributed by atoms with E-state index in [9.17, 15) is 0 Å². The van der Waals surface area contributed by atoms with Gasteiger partial charge in [-0.25, -0.2) is 0 Å². The first-order valence-corrected chi connectivity index (χ1v) is 7.55. The van der Waals surface area contributed by atoms with Crippen LogP contribution in [0.2, 0.25) is 10.0 Å². The first kappa shape index (κ1) is 13.9. The lowest BCUT2D eigenvalue weighted by Crippen LogP contribution is -2.19. The zero-order chi connectivity index (χ0) is 13.0. The molecule has 1 unspecified atom stereocenters. The average Bonchev–Trinajstić information content (AvgIpc) is 2.87. The molecule has 0 amide bonds. The summed E-state index contributed by atoms with van der Waals surface area (Å²) in [5.41, 5.74) is 1.18. The summed E-state index contributed by atoms with van der Waals surface area (Å²) in [6.07, 6.45) is 1.02. The second-order valence-electron chi connectivity index (χ2n) is 4.09. The van der Waals surface area contributed by atoms with Gasteiger partial charge in [-0.15, -0.1) is 11.3 Å². The van der Waals surface area contributed by atoms with Crippen LogP contribution in [0.3, 0.4) is 0 Å². The Morgan fingerprint density at radius 3 is 2.67 bits per heavy atom. The Hall–Kier alpha value is -0.540. The molecule has 18 heavy (non-hydrogen) atoms. The van der Waals surface area contributed by atoms with Gasteiger partial charge in [0, 0.05) is 17.5 Å². The molecule has 0 aliphatic heterocycles. The molecule has 0 saturated carbocycles. The highest BCUT2D eigenvalue weighted by Crippen LogP contribution is 2.27. The minimum atomic E-state index is 0.307. The molecule has 1 nitrogen and oxygen atoms in total. The van der Waals surface area contributed by atoms with E-state index in [1.165, 1.54) is 10.4 Å². The van der Waals surface area contributed by atoms with Crippen molar-refractivity contribution in [2.45, 2.75) is 25.9 Å². The molecule has 0 fully saturated rings. The quantitative estimate of drug-likeness (QED) is 0.790. The van der Waals surface area contributed by atoms with Crippen molar-refractivity contribution in [3.8, 4) is 0 Å². The molecule has 0 bridgehead atoms. The van der Waals surface area contributed by atoms with Crippen molar-refractivity contribution in [2.75, 3.05) is 0 Å². The fraction of sp³-hybridized carbons (Fsp3) is 0.286. The number of hydrogen-bond donors (Lipinski definition) is 1. The SMILES string of the molecule is CCC(NCc1cccs1)c1ccc(Cl)c(Cl)c1. The minimum Gasteiger partial charge on any atom is -0.305 e. The third-order valence-corrected chi connectivity index (χ3v) is 4.47. The lowest BCUT2D eigenvalue weighted by Gasteiger charge is -2.17. The molecular formula is C14H15Cl2NS. The van der Waals surface area contributed by atoms with Crippen LogP contribution in [-0.2, 0) is 6.54 Å². The van der Waals surface area contributed by atoms with E-state index in [0.29, 0.717) is 16.1 Å². The van der Waals surface area contributed by atoms with Crippen molar-refractivity contribution in [3.05, 3.63) is 56.2 Å². The molecule has 2 rings (SSSR count). The van der Waals surface area contributed by atoms with Gasteiger partial charge in [-0.05, 0) is 35.6 Å². The molecule has 96 valence electrons. The molecule has 0 spiro atoms. The summed E-state index contributed by atoms with van der Waals surface area (Å²) in [5.74, 6) is 0. The zero-order valence-corrected chi connectivity index (χ0v) is 12.4. The van der Waals surface area contributed by atoms with Gasteiger partial charge in [0.2, 0.25) is 0 Å². The highest BCUT2D eigenvalue weighted by atomic mass is 35.5. The van der Waals surface area contributed by atoms with Crippen molar-refractivity contribution in [2.24, 2.45) is 0 Å². The van der Waals surface area contributed by atoms with Gasteiger partial charge in [-0.3, -0.25) is 0 Å². The van der Waals surface area contributed by atoms with Gasteiger partial charge >= 0.3 is 0 Å². The minimum absolute atomic E-state index is 0.307. The molecule has 1 aromatic carbocycles. The number of nitrogens with one attached hydrogen (secondary N) is 1. The van der Waals surface area contributed by atoms with Gasteiger partial charge in [0.05, 0.1) is 10.0 Å². The molecule has 2 aromatic rings. The molecule has 1 N–H and O–H groups in total. The van der Waals surface area contributed by atoms with Gasteiger partial charge in [0.25, 0.3) is 0 Å². The first-order chi connectivity index (χ1) is 8.70. The second kappa shape index (κ2) is 6.58. The fourth-order valence-corrected chi connectivity index (χ4v) is 2.83. The summed E-state index contributed by atoms with van der Waals surface area (Å²) in [6, 6.07) is 10.3. The third kappa shape index (κ3) is 3.48. The summed E-state index contributed by atoms with van der Waals surface area (Å²) in [4.78, 5) is 1.34. The molecule has 0 radical (unpaired) electrons. The van der Waals surface area contributed by atoms with Gasteiger partial charge in [0.1, 0.15) is 0 Å². The summed E-state index contributed by atoms with van der Waals surface area (Å²) < 4.78 is 0. The largest absolute Gasteiger partial charge is 0.305 e. The van der Waals surface area contributed by atoms with Crippen LogP contribution in [0.15, 0.2) is 35.7 Å². The lowest BCUT2D eigenvalue weighted by atomic mass is 10.0. The van der Waals surface area contributed by atoms with Crippen LogP contribution in [0.1, 0.15) is 29.8 Å². The average molecular weight is 300 g/mol. The smallest absolute Gasteiger partial charge is 0.0595 e. The number of thiophene rings is 1. The van der Waals surface area contributed by atoms with E-state index >= 15 is 0 Å². The van der Waals surface area contributed by atoms with Crippen molar-refractivity contribution in [1.82, 2.24) is 5.32 Å². The number of hydrogen-bond acceptors (Lipinski definition) is 2. The fourth-order valence-electron chi connectivity index (χ4n) is 1.86. The summed E-state index contributed by atoms with van der Waals surface area (Å²) in [7, 11) is 0. The van der Waals surface area contributed by atoms with Gasteiger partial charge in [0.15, 0.2) is 0 Å². The van der Waals surface area contributed by atoms with E-state index in [1.54, 1.807) is 11.3 Å². The number of halogens is 2. The standard InChI is InChI=1S/C14H15Cl2NS/c1-2-14(17-9-11-4-3-7-18-11)10-5-6-12(15)13(16)8-10/h3-8,14,17H,2,9H2,1H3. The van der Waals surface area contributed by atoms with Crippen molar-refractivity contribution < 1.29 is 0 Å². The third-order valence-electron chi connectivity index (χ3n) is 2.86. The van der Waals surface area contributed by atoms with Gasteiger partial charge in [-0.2, -0.15) is 0 Å². The van der Waals surface area contributed by atoms with E-state index in [1.807, 2.05) is 18.2 Å². The Bertz CT molecular complexity index is 497. The van der Waals surface area contributed by atoms with Crippen LogP contribution in [0, 0.1) is 0 Å². The van der Waals surface area contributed by atoms with Crippen molar-refractivity contribution >= 4 is 34.5 Å². The molecular weight excluding hydrogens is 285 g/mol. The molecule has 0 aliphatic carbocycles. The first-order valence-electron chi connectivity index (χ1n) is 5.91. The van der Waals surface area contributed by atoms with E-state index in [4.69, 9.17) is 23.2 Å².